The Morgan fingerprint density at radius 3 is 2.36 bits per heavy atom. The topological polar surface area (TPSA) is 3.24 Å². The Hall–Kier alpha value is -0.820. The first-order valence-corrected chi connectivity index (χ1v) is 3.86. The van der Waals surface area contributed by atoms with E-state index in [2.05, 4.69) is 37.3 Å². The van der Waals surface area contributed by atoms with Gasteiger partial charge in [-0.3, -0.25) is 4.90 Å². The highest BCUT2D eigenvalue weighted by molar-refractivity contribution is 4.90. The van der Waals surface area contributed by atoms with E-state index in [0.717, 1.165) is 19.5 Å². The predicted octanol–water partition coefficient (Wildman–Crippen LogP) is 2.24. The molecule has 0 N–H and O–H groups in total. The van der Waals surface area contributed by atoms with Gasteiger partial charge in [0.1, 0.15) is 0 Å². The maximum atomic E-state index is 3.66. The summed E-state index contributed by atoms with van der Waals surface area (Å²) < 4.78 is 0. The van der Waals surface area contributed by atoms with Crippen LogP contribution in [-0.2, 0) is 0 Å². The van der Waals surface area contributed by atoms with Crippen molar-refractivity contribution in [1.29, 1.82) is 0 Å². The van der Waals surface area contributed by atoms with Crippen molar-refractivity contribution in [3.05, 3.63) is 37.5 Å². The molecule has 0 bridgehead atoms. The maximum Gasteiger partial charge on any atom is 0.0163 e. The lowest BCUT2D eigenvalue weighted by atomic mass is 10.3. The molecule has 0 heterocycles. The largest absolute Gasteiger partial charge is 0.299 e. The summed E-state index contributed by atoms with van der Waals surface area (Å²) in [5, 5.41) is 0. The first-order valence-electron chi connectivity index (χ1n) is 3.86. The fourth-order valence-corrected chi connectivity index (χ4v) is 0.742. The maximum absolute atomic E-state index is 3.66. The highest BCUT2D eigenvalue weighted by Gasteiger charge is 1.87. The van der Waals surface area contributed by atoms with Gasteiger partial charge in [0.2, 0.25) is 0 Å². The third-order valence-electron chi connectivity index (χ3n) is 1.33. The van der Waals surface area contributed by atoms with Crippen molar-refractivity contribution in [3.8, 4) is 0 Å². The molecule has 0 aliphatic carbocycles. The summed E-state index contributed by atoms with van der Waals surface area (Å²) in [6.45, 7) is 9.22. The van der Waals surface area contributed by atoms with Gasteiger partial charge in [-0.05, 0) is 13.5 Å². The molecule has 62 valence electrons. The quantitative estimate of drug-likeness (QED) is 0.526. The number of rotatable bonds is 6. The first kappa shape index (κ1) is 10.2. The Labute approximate surface area is 69.7 Å². The van der Waals surface area contributed by atoms with Gasteiger partial charge in [-0.2, -0.15) is 0 Å². The van der Waals surface area contributed by atoms with E-state index in [1.807, 2.05) is 12.2 Å². The molecule has 11 heavy (non-hydrogen) atoms. The summed E-state index contributed by atoms with van der Waals surface area (Å²) in [6, 6.07) is 0. The minimum atomic E-state index is 0.943. The van der Waals surface area contributed by atoms with Gasteiger partial charge >= 0.3 is 0 Å². The molecule has 0 fully saturated rings. The SMILES string of the molecule is C=CCC=CCN(C)CC=C. The van der Waals surface area contributed by atoms with Gasteiger partial charge in [0.05, 0.1) is 0 Å². The molecule has 0 aromatic heterocycles. The zero-order valence-electron chi connectivity index (χ0n) is 7.29. The lowest BCUT2D eigenvalue weighted by Crippen LogP contribution is -2.17. The van der Waals surface area contributed by atoms with Crippen LogP contribution < -0.4 is 0 Å². The third kappa shape index (κ3) is 7.07. The monoisotopic (exact) mass is 151 g/mol. The molecular weight excluding hydrogens is 134 g/mol. The minimum absolute atomic E-state index is 0.943. The zero-order chi connectivity index (χ0) is 8.53. The number of nitrogens with zero attached hydrogens (tertiary/aromatic N) is 1. The summed E-state index contributed by atoms with van der Waals surface area (Å²) in [5.74, 6) is 0. The lowest BCUT2D eigenvalue weighted by Gasteiger charge is -2.09. The van der Waals surface area contributed by atoms with Crippen LogP contribution in [-0.4, -0.2) is 25.0 Å². The zero-order valence-corrected chi connectivity index (χ0v) is 7.29. The van der Waals surface area contributed by atoms with E-state index in [4.69, 9.17) is 0 Å². The Bertz CT molecular complexity index is 136. The Morgan fingerprint density at radius 2 is 1.82 bits per heavy atom. The third-order valence-corrected chi connectivity index (χ3v) is 1.33. The fraction of sp³-hybridized carbons (Fsp3) is 0.400. The van der Waals surface area contributed by atoms with Crippen molar-refractivity contribution in [2.45, 2.75) is 6.42 Å². The van der Waals surface area contributed by atoms with Crippen LogP contribution in [0.5, 0.6) is 0 Å². The van der Waals surface area contributed by atoms with Crippen molar-refractivity contribution < 1.29 is 0 Å². The molecule has 0 amide bonds. The van der Waals surface area contributed by atoms with Gasteiger partial charge < -0.3 is 0 Å². The molecule has 0 aromatic rings. The summed E-state index contributed by atoms with van der Waals surface area (Å²) in [5.41, 5.74) is 0. The van der Waals surface area contributed by atoms with Crippen molar-refractivity contribution in [2.24, 2.45) is 0 Å². The number of allylic oxidation sites excluding steroid dienone is 2. The summed E-state index contributed by atoms with van der Waals surface area (Å²) >= 11 is 0. The van der Waals surface area contributed by atoms with Gasteiger partial charge in [-0.15, -0.1) is 13.2 Å². The van der Waals surface area contributed by atoms with Gasteiger partial charge in [0, 0.05) is 13.1 Å². The van der Waals surface area contributed by atoms with Crippen molar-refractivity contribution >= 4 is 0 Å². The Balaban J connectivity index is 3.35. The number of hydrogen-bond donors (Lipinski definition) is 0. The molecule has 0 saturated carbocycles. The van der Waals surface area contributed by atoms with Crippen LogP contribution >= 0.6 is 0 Å². The standard InChI is InChI=1S/C10H17N/c1-4-6-7-8-10-11(3)9-5-2/h4-5,7-8H,1-2,6,9-10H2,3H3. The van der Waals surface area contributed by atoms with E-state index in [0.29, 0.717) is 0 Å². The Morgan fingerprint density at radius 1 is 1.09 bits per heavy atom. The molecule has 0 spiro atoms. The van der Waals surface area contributed by atoms with Crippen LogP contribution in [0.1, 0.15) is 6.42 Å². The molecule has 1 nitrogen and oxygen atoms in total. The van der Waals surface area contributed by atoms with Gasteiger partial charge in [-0.25, -0.2) is 0 Å². The summed E-state index contributed by atoms with van der Waals surface area (Å²) in [6.07, 6.45) is 9.02. The van der Waals surface area contributed by atoms with Gasteiger partial charge in [-0.1, -0.05) is 24.3 Å². The van der Waals surface area contributed by atoms with Crippen molar-refractivity contribution in [1.82, 2.24) is 4.90 Å². The lowest BCUT2D eigenvalue weighted by molar-refractivity contribution is 0.412. The number of hydrogen-bond acceptors (Lipinski definition) is 1. The molecule has 0 aliphatic heterocycles. The van der Waals surface area contributed by atoms with E-state index in [1.54, 1.807) is 0 Å². The molecule has 0 rings (SSSR count). The van der Waals surface area contributed by atoms with Crippen LogP contribution in [0.3, 0.4) is 0 Å². The van der Waals surface area contributed by atoms with E-state index in [9.17, 15) is 0 Å². The second kappa shape index (κ2) is 7.29. The first-order chi connectivity index (χ1) is 5.31. The second-order valence-corrected chi connectivity index (χ2v) is 2.51. The summed E-state index contributed by atoms with van der Waals surface area (Å²) in [4.78, 5) is 2.19. The molecule has 0 saturated heterocycles. The van der Waals surface area contributed by atoms with Crippen LogP contribution in [0.4, 0.5) is 0 Å². The number of likely N-dealkylation sites (N-methyl/N-ethyl adjacent to an activating group) is 1. The normalized spacial score (nSPS) is 10.7. The fourth-order valence-electron chi connectivity index (χ4n) is 0.742. The van der Waals surface area contributed by atoms with Crippen LogP contribution in [0.15, 0.2) is 37.5 Å². The van der Waals surface area contributed by atoms with Gasteiger partial charge in [0.15, 0.2) is 0 Å². The van der Waals surface area contributed by atoms with Crippen LogP contribution in [0.2, 0.25) is 0 Å². The minimum Gasteiger partial charge on any atom is -0.299 e. The molecule has 0 atom stereocenters. The predicted molar refractivity (Wildman–Crippen MR) is 51.6 cm³/mol. The van der Waals surface area contributed by atoms with Crippen LogP contribution in [0.25, 0.3) is 0 Å². The summed E-state index contributed by atoms with van der Waals surface area (Å²) in [7, 11) is 2.07. The van der Waals surface area contributed by atoms with E-state index < -0.39 is 0 Å². The molecular formula is C10H17N. The smallest absolute Gasteiger partial charge is 0.0163 e. The highest BCUT2D eigenvalue weighted by atomic mass is 15.1. The molecule has 0 unspecified atom stereocenters. The highest BCUT2D eigenvalue weighted by Crippen LogP contribution is 1.86. The molecule has 0 radical (unpaired) electrons. The van der Waals surface area contributed by atoms with E-state index >= 15 is 0 Å². The Kier molecular flexibility index (Phi) is 6.75. The molecule has 0 aromatic carbocycles. The molecule has 0 aliphatic rings. The average molecular weight is 151 g/mol. The average Bonchev–Trinajstić information content (AvgIpc) is 1.99. The van der Waals surface area contributed by atoms with Crippen molar-refractivity contribution in [3.63, 3.8) is 0 Å². The van der Waals surface area contributed by atoms with E-state index in [-0.39, 0.29) is 0 Å². The molecule has 1 heteroatoms. The van der Waals surface area contributed by atoms with Crippen molar-refractivity contribution in [2.75, 3.05) is 20.1 Å². The second-order valence-electron chi connectivity index (χ2n) is 2.51. The van der Waals surface area contributed by atoms with E-state index in [1.165, 1.54) is 0 Å². The van der Waals surface area contributed by atoms with Gasteiger partial charge in [0.25, 0.3) is 0 Å². The van der Waals surface area contributed by atoms with Crippen LogP contribution in [0, 0.1) is 0 Å².